The third-order valence-corrected chi connectivity index (χ3v) is 6.31. The fourth-order valence-corrected chi connectivity index (χ4v) is 4.41. The Balaban J connectivity index is 1.39. The van der Waals surface area contributed by atoms with Gasteiger partial charge >= 0.3 is 0 Å². The first-order valence-corrected chi connectivity index (χ1v) is 11.2. The molecule has 1 fully saturated rings. The molecule has 4 rings (SSSR count). The van der Waals surface area contributed by atoms with Crippen LogP contribution in [0.4, 0.5) is 5.69 Å². The molecule has 0 aliphatic carbocycles. The average Bonchev–Trinajstić information content (AvgIpc) is 3.03. The number of hydrogen-bond donors (Lipinski definition) is 1. The van der Waals surface area contributed by atoms with Gasteiger partial charge in [-0.15, -0.1) is 11.3 Å². The highest BCUT2D eigenvalue weighted by Crippen LogP contribution is 2.24. The second-order valence-electron chi connectivity index (χ2n) is 7.61. The van der Waals surface area contributed by atoms with Crippen LogP contribution in [-0.4, -0.2) is 34.8 Å². The number of carbonyl (C=O) groups is 2. The molecule has 0 saturated carbocycles. The maximum absolute atomic E-state index is 12.7. The molecule has 2 aromatic carbocycles. The summed E-state index contributed by atoms with van der Waals surface area (Å²) in [5, 5.41) is 5.86. The summed E-state index contributed by atoms with van der Waals surface area (Å²) in [5.74, 6) is -0.105. The highest BCUT2D eigenvalue weighted by molar-refractivity contribution is 7.13. The summed E-state index contributed by atoms with van der Waals surface area (Å²) in [5.41, 5.74) is 3.91. The fourth-order valence-electron chi connectivity index (χ4n) is 3.61. The molecule has 0 unspecified atom stereocenters. The number of amides is 2. The van der Waals surface area contributed by atoms with Crippen LogP contribution in [0.5, 0.6) is 0 Å². The minimum Gasteiger partial charge on any atom is -0.339 e. The molecule has 5 nitrogen and oxygen atoms in total. The van der Waals surface area contributed by atoms with Gasteiger partial charge in [0.15, 0.2) is 0 Å². The highest BCUT2D eigenvalue weighted by atomic mass is 32.1. The molecule has 1 aliphatic rings. The number of nitrogens with one attached hydrogen (secondary N) is 1. The van der Waals surface area contributed by atoms with Crippen LogP contribution in [-0.2, 0) is 0 Å². The lowest BCUT2D eigenvalue weighted by atomic mass is 10.1. The predicted molar refractivity (Wildman–Crippen MR) is 121 cm³/mol. The number of rotatable bonds is 4. The van der Waals surface area contributed by atoms with Gasteiger partial charge < -0.3 is 10.2 Å². The van der Waals surface area contributed by atoms with Crippen LogP contribution in [0.25, 0.3) is 10.6 Å². The molecule has 2 heterocycles. The third-order valence-electron chi connectivity index (χ3n) is 5.30. The van der Waals surface area contributed by atoms with Crippen LogP contribution in [0.15, 0.2) is 53.9 Å². The minimum atomic E-state index is -0.177. The monoisotopic (exact) mass is 419 g/mol. The van der Waals surface area contributed by atoms with E-state index in [-0.39, 0.29) is 11.8 Å². The number of aryl methyl sites for hydroxylation is 1. The molecule has 2 amide bonds. The first kappa shape index (κ1) is 20.3. The summed E-state index contributed by atoms with van der Waals surface area (Å²) in [7, 11) is 0. The molecule has 0 radical (unpaired) electrons. The summed E-state index contributed by atoms with van der Waals surface area (Å²) >= 11 is 1.59. The van der Waals surface area contributed by atoms with Crippen LogP contribution in [0, 0.1) is 6.92 Å². The zero-order chi connectivity index (χ0) is 20.9. The average molecular weight is 420 g/mol. The zero-order valence-electron chi connectivity index (χ0n) is 17.1. The molecular formula is C24H25N3O2S. The first-order chi connectivity index (χ1) is 14.6. The van der Waals surface area contributed by atoms with Gasteiger partial charge in [-0.2, -0.15) is 0 Å². The van der Waals surface area contributed by atoms with Crippen LogP contribution in [0.1, 0.15) is 52.1 Å². The second-order valence-corrected chi connectivity index (χ2v) is 8.47. The maximum atomic E-state index is 12.7. The fraction of sp³-hybridized carbons (Fsp3) is 0.292. The molecular weight excluding hydrogens is 394 g/mol. The van der Waals surface area contributed by atoms with Gasteiger partial charge in [0.1, 0.15) is 5.01 Å². The topological polar surface area (TPSA) is 62.3 Å². The van der Waals surface area contributed by atoms with E-state index in [1.165, 1.54) is 12.8 Å². The van der Waals surface area contributed by atoms with Gasteiger partial charge in [0.25, 0.3) is 11.8 Å². The van der Waals surface area contributed by atoms with E-state index in [9.17, 15) is 9.59 Å². The Morgan fingerprint density at radius 3 is 2.13 bits per heavy atom. The van der Waals surface area contributed by atoms with Crippen LogP contribution < -0.4 is 5.32 Å². The molecule has 6 heteroatoms. The van der Waals surface area contributed by atoms with Crippen molar-refractivity contribution in [3.8, 4) is 10.6 Å². The van der Waals surface area contributed by atoms with Gasteiger partial charge in [0.2, 0.25) is 0 Å². The normalized spacial score (nSPS) is 14.2. The number of likely N-dealkylation sites (tertiary alicyclic amines) is 1. The van der Waals surface area contributed by atoms with Crippen molar-refractivity contribution in [1.82, 2.24) is 9.88 Å². The molecule has 154 valence electrons. The molecule has 1 saturated heterocycles. The lowest BCUT2D eigenvalue weighted by Gasteiger charge is -2.20. The van der Waals surface area contributed by atoms with Gasteiger partial charge in [-0.25, -0.2) is 4.98 Å². The number of anilines is 1. The Morgan fingerprint density at radius 1 is 0.900 bits per heavy atom. The quantitative estimate of drug-likeness (QED) is 0.617. The van der Waals surface area contributed by atoms with Gasteiger partial charge in [-0.05, 0) is 56.2 Å². The number of hydrogen-bond acceptors (Lipinski definition) is 4. The van der Waals surface area contributed by atoms with Gasteiger partial charge in [0, 0.05) is 46.5 Å². The van der Waals surface area contributed by atoms with Gasteiger partial charge in [-0.3, -0.25) is 9.59 Å². The van der Waals surface area contributed by atoms with Crippen molar-refractivity contribution in [2.45, 2.75) is 32.6 Å². The van der Waals surface area contributed by atoms with Crippen LogP contribution in [0.2, 0.25) is 0 Å². The summed E-state index contributed by atoms with van der Waals surface area (Å²) in [6.07, 6.45) is 4.53. The summed E-state index contributed by atoms with van der Waals surface area (Å²) in [4.78, 5) is 31.7. The standard InChI is InChI=1S/C24H25N3O2S/c1-17-16-30-23(25-17)19-8-6-18(7-9-19)22(28)26-21-12-10-20(11-13-21)24(29)27-14-4-2-3-5-15-27/h6-13,16H,2-5,14-15H2,1H3,(H,26,28). The van der Waals surface area contributed by atoms with Crippen LogP contribution in [0.3, 0.4) is 0 Å². The summed E-state index contributed by atoms with van der Waals surface area (Å²) in [6, 6.07) is 14.6. The largest absolute Gasteiger partial charge is 0.339 e. The number of aromatic nitrogens is 1. The molecule has 3 aromatic rings. The molecule has 0 atom stereocenters. The SMILES string of the molecule is Cc1csc(-c2ccc(C(=O)Nc3ccc(C(=O)N4CCCCCC4)cc3)cc2)n1. The van der Waals surface area contributed by atoms with E-state index < -0.39 is 0 Å². The molecule has 1 aromatic heterocycles. The van der Waals surface area contributed by atoms with Crippen molar-refractivity contribution in [3.05, 3.63) is 70.7 Å². The van der Waals surface area contributed by atoms with Crippen molar-refractivity contribution in [2.75, 3.05) is 18.4 Å². The Kier molecular flexibility index (Phi) is 6.23. The Morgan fingerprint density at radius 2 is 1.53 bits per heavy atom. The number of thiazole rings is 1. The summed E-state index contributed by atoms with van der Waals surface area (Å²) in [6.45, 7) is 3.62. The Hall–Kier alpha value is -2.99. The van der Waals surface area contributed by atoms with E-state index in [2.05, 4.69) is 10.3 Å². The van der Waals surface area contributed by atoms with Crippen molar-refractivity contribution in [2.24, 2.45) is 0 Å². The number of benzene rings is 2. The van der Waals surface area contributed by atoms with E-state index in [1.807, 2.05) is 29.3 Å². The van der Waals surface area contributed by atoms with Crippen LogP contribution >= 0.6 is 11.3 Å². The molecule has 30 heavy (non-hydrogen) atoms. The van der Waals surface area contributed by atoms with Gasteiger partial charge in [0.05, 0.1) is 0 Å². The lowest BCUT2D eigenvalue weighted by molar-refractivity contribution is 0.0761. The van der Waals surface area contributed by atoms with E-state index in [4.69, 9.17) is 0 Å². The Labute approximate surface area is 180 Å². The van der Waals surface area contributed by atoms with E-state index in [0.29, 0.717) is 16.8 Å². The number of nitrogens with zero attached hydrogens (tertiary/aromatic N) is 2. The zero-order valence-corrected chi connectivity index (χ0v) is 17.9. The van der Waals surface area contributed by atoms with Crippen molar-refractivity contribution < 1.29 is 9.59 Å². The smallest absolute Gasteiger partial charge is 0.255 e. The molecule has 1 N–H and O–H groups in total. The highest BCUT2D eigenvalue weighted by Gasteiger charge is 2.17. The molecule has 1 aliphatic heterocycles. The van der Waals surface area contributed by atoms with Crippen molar-refractivity contribution >= 4 is 28.8 Å². The number of carbonyl (C=O) groups excluding carboxylic acids is 2. The van der Waals surface area contributed by atoms with Crippen molar-refractivity contribution in [3.63, 3.8) is 0 Å². The summed E-state index contributed by atoms with van der Waals surface area (Å²) < 4.78 is 0. The van der Waals surface area contributed by atoms with E-state index in [1.54, 1.807) is 47.7 Å². The van der Waals surface area contributed by atoms with E-state index >= 15 is 0 Å². The Bertz CT molecular complexity index is 1020. The van der Waals surface area contributed by atoms with Crippen molar-refractivity contribution in [1.29, 1.82) is 0 Å². The third kappa shape index (κ3) is 4.76. The predicted octanol–water partition coefficient (Wildman–Crippen LogP) is 5.39. The maximum Gasteiger partial charge on any atom is 0.255 e. The second kappa shape index (κ2) is 9.22. The van der Waals surface area contributed by atoms with E-state index in [0.717, 1.165) is 42.2 Å². The lowest BCUT2D eigenvalue weighted by Crippen LogP contribution is -2.31. The minimum absolute atomic E-state index is 0.0720. The first-order valence-electron chi connectivity index (χ1n) is 10.3. The molecule has 0 bridgehead atoms. The molecule has 0 spiro atoms. The van der Waals surface area contributed by atoms with Gasteiger partial charge in [-0.1, -0.05) is 25.0 Å².